The first-order chi connectivity index (χ1) is 12.5. The van der Waals surface area contributed by atoms with E-state index in [0.29, 0.717) is 0 Å². The van der Waals surface area contributed by atoms with Gasteiger partial charge in [0, 0.05) is 29.1 Å². The maximum atomic E-state index is 12.4. The molecule has 3 aromatic rings. The molecule has 0 saturated heterocycles. The van der Waals surface area contributed by atoms with Crippen LogP contribution in [0.5, 0.6) is 0 Å². The Morgan fingerprint density at radius 3 is 2.46 bits per heavy atom. The molecule has 0 aliphatic carbocycles. The zero-order valence-electron chi connectivity index (χ0n) is 13.6. The third-order valence-electron chi connectivity index (χ3n) is 4.07. The molecular weight excluding hydrogens is 336 g/mol. The number of H-pyrrole nitrogens is 1. The molecule has 26 heavy (non-hydrogen) atoms. The van der Waals surface area contributed by atoms with E-state index in [-0.39, 0.29) is 17.5 Å². The number of carboxylic acids is 2. The topological polar surface area (TPSA) is 119 Å². The van der Waals surface area contributed by atoms with E-state index in [1.807, 2.05) is 24.3 Å². The molecule has 0 fully saturated rings. The molecular formula is C19H16N2O5. The van der Waals surface area contributed by atoms with Crippen molar-refractivity contribution < 1.29 is 24.6 Å². The summed E-state index contributed by atoms with van der Waals surface area (Å²) in [7, 11) is 0. The van der Waals surface area contributed by atoms with Gasteiger partial charge in [0.1, 0.15) is 6.04 Å². The van der Waals surface area contributed by atoms with Gasteiger partial charge in [-0.2, -0.15) is 0 Å². The second kappa shape index (κ2) is 7.10. The van der Waals surface area contributed by atoms with Gasteiger partial charge in [0.25, 0.3) is 5.91 Å². The third kappa shape index (κ3) is 3.56. The number of carbonyl (C=O) groups excluding carboxylic acids is 1. The van der Waals surface area contributed by atoms with Gasteiger partial charge in [0.2, 0.25) is 0 Å². The lowest BCUT2D eigenvalue weighted by Gasteiger charge is -2.14. The van der Waals surface area contributed by atoms with E-state index in [9.17, 15) is 19.5 Å². The molecule has 1 amide bonds. The Hall–Kier alpha value is -3.61. The predicted octanol–water partition coefficient (Wildman–Crippen LogP) is 2.29. The minimum Gasteiger partial charge on any atom is -0.480 e. The van der Waals surface area contributed by atoms with Gasteiger partial charge in [-0.25, -0.2) is 9.59 Å². The van der Waals surface area contributed by atoms with Gasteiger partial charge >= 0.3 is 11.9 Å². The molecule has 1 aromatic heterocycles. The van der Waals surface area contributed by atoms with E-state index >= 15 is 0 Å². The van der Waals surface area contributed by atoms with E-state index in [4.69, 9.17) is 5.11 Å². The minimum absolute atomic E-state index is 0.0406. The maximum absolute atomic E-state index is 12.4. The number of aromatic amines is 1. The molecule has 1 atom stereocenters. The molecule has 7 heteroatoms. The number of hydrogen-bond donors (Lipinski definition) is 4. The average Bonchev–Trinajstić information content (AvgIpc) is 3.04. The molecule has 3 rings (SSSR count). The summed E-state index contributed by atoms with van der Waals surface area (Å²) in [5.41, 5.74) is 1.70. The van der Waals surface area contributed by atoms with Crippen LogP contribution < -0.4 is 5.32 Å². The summed E-state index contributed by atoms with van der Waals surface area (Å²) in [6.45, 7) is 0. The third-order valence-corrected chi connectivity index (χ3v) is 4.07. The Balaban J connectivity index is 1.80. The lowest BCUT2D eigenvalue weighted by Crippen LogP contribution is -2.42. The van der Waals surface area contributed by atoms with Crippen LogP contribution in [0, 0.1) is 0 Å². The molecule has 0 unspecified atom stereocenters. The normalized spacial score (nSPS) is 11.8. The molecule has 7 nitrogen and oxygen atoms in total. The van der Waals surface area contributed by atoms with Crippen molar-refractivity contribution in [3.05, 3.63) is 71.4 Å². The van der Waals surface area contributed by atoms with Crippen molar-refractivity contribution in [2.24, 2.45) is 0 Å². The van der Waals surface area contributed by atoms with Crippen LogP contribution in [0.15, 0.2) is 54.7 Å². The lowest BCUT2D eigenvalue weighted by molar-refractivity contribution is -0.139. The number of benzene rings is 2. The summed E-state index contributed by atoms with van der Waals surface area (Å²) in [5.74, 6) is -2.97. The fraction of sp³-hybridized carbons (Fsp3) is 0.105. The number of fused-ring (bicyclic) bond motifs is 1. The van der Waals surface area contributed by atoms with Crippen LogP contribution in [0.1, 0.15) is 26.3 Å². The number of rotatable bonds is 6. The van der Waals surface area contributed by atoms with E-state index in [2.05, 4.69) is 10.3 Å². The Morgan fingerprint density at radius 1 is 1.00 bits per heavy atom. The van der Waals surface area contributed by atoms with Crippen LogP contribution >= 0.6 is 0 Å². The smallest absolute Gasteiger partial charge is 0.335 e. The van der Waals surface area contributed by atoms with Gasteiger partial charge in [0.15, 0.2) is 0 Å². The molecule has 0 spiro atoms. The first-order valence-electron chi connectivity index (χ1n) is 7.87. The van der Waals surface area contributed by atoms with Gasteiger partial charge in [-0.05, 0) is 29.8 Å². The second-order valence-electron chi connectivity index (χ2n) is 5.81. The largest absolute Gasteiger partial charge is 0.480 e. The SMILES string of the molecule is O=C(O)c1cccc(C(=O)N[C@@H](Cc2c[nH]c3ccccc23)C(=O)O)c1. The quantitative estimate of drug-likeness (QED) is 0.543. The summed E-state index contributed by atoms with van der Waals surface area (Å²) in [4.78, 5) is 38.0. The van der Waals surface area contributed by atoms with Crippen molar-refractivity contribution >= 4 is 28.7 Å². The highest BCUT2D eigenvalue weighted by atomic mass is 16.4. The van der Waals surface area contributed by atoms with Crippen LogP contribution in [0.3, 0.4) is 0 Å². The Bertz CT molecular complexity index is 992. The van der Waals surface area contributed by atoms with Crippen LogP contribution in [0.25, 0.3) is 10.9 Å². The fourth-order valence-electron chi connectivity index (χ4n) is 2.76. The Morgan fingerprint density at radius 2 is 1.73 bits per heavy atom. The van der Waals surface area contributed by atoms with Crippen LogP contribution in [-0.2, 0) is 11.2 Å². The summed E-state index contributed by atoms with van der Waals surface area (Å²) < 4.78 is 0. The number of aliphatic carboxylic acids is 1. The zero-order chi connectivity index (χ0) is 18.7. The average molecular weight is 352 g/mol. The highest BCUT2D eigenvalue weighted by Gasteiger charge is 2.23. The number of carboxylic acid groups (broad SMARTS) is 2. The number of hydrogen-bond acceptors (Lipinski definition) is 3. The monoisotopic (exact) mass is 352 g/mol. The highest BCUT2D eigenvalue weighted by molar-refractivity contribution is 5.99. The summed E-state index contributed by atoms with van der Waals surface area (Å²) in [6.07, 6.45) is 1.82. The van der Waals surface area contributed by atoms with Gasteiger partial charge in [-0.3, -0.25) is 4.79 Å². The molecule has 1 heterocycles. The highest BCUT2D eigenvalue weighted by Crippen LogP contribution is 2.19. The van der Waals surface area contributed by atoms with Gasteiger partial charge in [-0.1, -0.05) is 24.3 Å². The molecule has 2 aromatic carbocycles. The van der Waals surface area contributed by atoms with Gasteiger partial charge in [0.05, 0.1) is 5.56 Å². The Kier molecular flexibility index (Phi) is 4.70. The predicted molar refractivity (Wildman–Crippen MR) is 94.3 cm³/mol. The van der Waals surface area contributed by atoms with Crippen LogP contribution in [0.2, 0.25) is 0 Å². The minimum atomic E-state index is -1.17. The van der Waals surface area contributed by atoms with E-state index < -0.39 is 23.9 Å². The van der Waals surface area contributed by atoms with Crippen molar-refractivity contribution in [2.45, 2.75) is 12.5 Å². The maximum Gasteiger partial charge on any atom is 0.335 e. The standard InChI is InChI=1S/C19H16N2O5/c22-17(11-4-3-5-12(8-11)18(23)24)21-16(19(25)26)9-13-10-20-15-7-2-1-6-14(13)15/h1-8,10,16,20H,9H2,(H,21,22)(H,23,24)(H,25,26)/t16-/m0/s1. The number of aromatic carboxylic acids is 1. The van der Waals surface area contributed by atoms with E-state index in [1.165, 1.54) is 24.3 Å². The molecule has 0 saturated carbocycles. The number of nitrogens with one attached hydrogen (secondary N) is 2. The van der Waals surface area contributed by atoms with E-state index in [1.54, 1.807) is 6.20 Å². The summed E-state index contributed by atoms with van der Waals surface area (Å²) in [5, 5.41) is 21.8. The summed E-state index contributed by atoms with van der Waals surface area (Å²) in [6, 6.07) is 11.8. The van der Waals surface area contributed by atoms with Crippen molar-refractivity contribution in [2.75, 3.05) is 0 Å². The molecule has 0 aliphatic heterocycles. The summed E-state index contributed by atoms with van der Waals surface area (Å²) >= 11 is 0. The van der Waals surface area contributed by atoms with E-state index in [0.717, 1.165) is 16.5 Å². The first-order valence-corrected chi connectivity index (χ1v) is 7.87. The number of carbonyl (C=O) groups is 3. The lowest BCUT2D eigenvalue weighted by atomic mass is 10.0. The number of para-hydroxylation sites is 1. The van der Waals surface area contributed by atoms with Crippen molar-refractivity contribution in [1.82, 2.24) is 10.3 Å². The van der Waals surface area contributed by atoms with Crippen molar-refractivity contribution in [3.63, 3.8) is 0 Å². The molecule has 0 radical (unpaired) electrons. The van der Waals surface area contributed by atoms with Crippen LogP contribution in [0.4, 0.5) is 0 Å². The molecule has 0 bridgehead atoms. The van der Waals surface area contributed by atoms with Gasteiger partial charge in [-0.15, -0.1) is 0 Å². The second-order valence-corrected chi connectivity index (χ2v) is 5.81. The molecule has 0 aliphatic rings. The molecule has 132 valence electrons. The van der Waals surface area contributed by atoms with Crippen molar-refractivity contribution in [1.29, 1.82) is 0 Å². The number of aromatic nitrogens is 1. The number of amides is 1. The van der Waals surface area contributed by atoms with Crippen LogP contribution in [-0.4, -0.2) is 39.1 Å². The van der Waals surface area contributed by atoms with Gasteiger partial charge < -0.3 is 20.5 Å². The molecule has 4 N–H and O–H groups in total. The fourth-order valence-corrected chi connectivity index (χ4v) is 2.76. The Labute approximate surface area is 148 Å². The zero-order valence-corrected chi connectivity index (χ0v) is 13.6. The first kappa shape index (κ1) is 17.2. The van der Waals surface area contributed by atoms with Crippen molar-refractivity contribution in [3.8, 4) is 0 Å².